The number of nitriles is 1. The third-order valence-corrected chi connectivity index (χ3v) is 7.94. The van der Waals surface area contributed by atoms with Crippen LogP contribution < -0.4 is 10.6 Å². The average molecular weight is 604 g/mol. The third-order valence-electron chi connectivity index (χ3n) is 7.41. The summed E-state index contributed by atoms with van der Waals surface area (Å²) in [5.41, 5.74) is 1.66. The molecule has 0 aliphatic carbocycles. The molecule has 4 rings (SSSR count). The van der Waals surface area contributed by atoms with Crippen LogP contribution in [0.25, 0.3) is 0 Å². The molecule has 1 aliphatic rings. The highest BCUT2D eigenvalue weighted by molar-refractivity contribution is 6.31. The number of benzene rings is 3. The van der Waals surface area contributed by atoms with E-state index in [2.05, 4.69) is 6.07 Å². The molecule has 11 heteroatoms. The second-order valence-electron chi connectivity index (χ2n) is 11.2. The predicted octanol–water partition coefficient (Wildman–Crippen LogP) is 6.83. The van der Waals surface area contributed by atoms with Gasteiger partial charge in [-0.25, -0.2) is 18.0 Å². The normalized spacial score (nSPS) is 22.4. The van der Waals surface area contributed by atoms with E-state index >= 15 is 13.2 Å². The largest absolute Gasteiger partial charge is 0.480 e. The minimum absolute atomic E-state index is 0.0231. The van der Waals surface area contributed by atoms with Gasteiger partial charge in [0, 0.05) is 22.1 Å². The zero-order valence-electron chi connectivity index (χ0n) is 22.3. The highest BCUT2D eigenvalue weighted by atomic mass is 35.5. The molecule has 1 amide bonds. The average Bonchev–Trinajstić information content (AvgIpc) is 3.14. The van der Waals surface area contributed by atoms with Gasteiger partial charge in [-0.15, -0.1) is 0 Å². The minimum Gasteiger partial charge on any atom is -0.480 e. The maximum atomic E-state index is 15.8. The molecule has 1 heterocycles. The van der Waals surface area contributed by atoms with Crippen molar-refractivity contribution in [3.05, 3.63) is 98.8 Å². The van der Waals surface area contributed by atoms with Crippen LogP contribution in [-0.4, -0.2) is 29.1 Å². The number of carboxylic acid groups (broad SMARTS) is 1. The minimum atomic E-state index is -2.09. The Morgan fingerprint density at radius 3 is 2.29 bits per heavy atom. The maximum Gasteiger partial charge on any atom is 0.327 e. The second kappa shape index (κ2) is 10.9. The highest BCUT2D eigenvalue weighted by Crippen LogP contribution is 2.58. The van der Waals surface area contributed by atoms with Gasteiger partial charge in [-0.05, 0) is 53.8 Å². The smallest absolute Gasteiger partial charge is 0.327 e. The number of aliphatic carboxylic acids is 1. The van der Waals surface area contributed by atoms with E-state index in [1.807, 2.05) is 20.8 Å². The molecule has 0 unspecified atom stereocenters. The monoisotopic (exact) mass is 603 g/mol. The standard InChI is InChI=1S/C30H26Cl2F3N3O3/c1-29(2,3)13-23-30(14-36,18-9-8-16(31)12-20(18)33)24(17-5-4-6-19(32)25(17)35)26(28(40)41)38(23)22-10-7-15(27(37)39)11-21(22)34/h4-12,23-24,26H,13H2,1-3H3,(H2,37,39)(H,40,41)/t23-,24-,26+,30-/m0/s1. The zero-order chi connectivity index (χ0) is 30.4. The quantitative estimate of drug-likeness (QED) is 0.321. The van der Waals surface area contributed by atoms with Crippen LogP contribution in [0.3, 0.4) is 0 Å². The van der Waals surface area contributed by atoms with Gasteiger partial charge in [-0.3, -0.25) is 4.79 Å². The van der Waals surface area contributed by atoms with Crippen LogP contribution in [0.15, 0.2) is 54.6 Å². The molecule has 4 atom stereocenters. The summed E-state index contributed by atoms with van der Waals surface area (Å²) in [7, 11) is 0. The van der Waals surface area contributed by atoms with Crippen molar-refractivity contribution >= 4 is 40.8 Å². The number of halogens is 5. The molecule has 0 saturated carbocycles. The summed E-state index contributed by atoms with van der Waals surface area (Å²) in [6.07, 6.45) is 0.0438. The van der Waals surface area contributed by atoms with E-state index in [1.165, 1.54) is 47.4 Å². The molecule has 0 spiro atoms. The first-order valence-corrected chi connectivity index (χ1v) is 13.3. The molecule has 41 heavy (non-hydrogen) atoms. The van der Waals surface area contributed by atoms with Crippen molar-refractivity contribution in [2.75, 3.05) is 4.90 Å². The molecule has 3 aromatic rings. The number of nitrogens with zero attached hydrogens (tertiary/aromatic N) is 2. The van der Waals surface area contributed by atoms with Crippen molar-refractivity contribution < 1.29 is 27.9 Å². The molecule has 0 aromatic heterocycles. The lowest BCUT2D eigenvalue weighted by molar-refractivity contribution is -0.138. The Hall–Kier alpha value is -3.74. The Balaban J connectivity index is 2.19. The summed E-state index contributed by atoms with van der Waals surface area (Å²) >= 11 is 12.1. The third kappa shape index (κ3) is 5.22. The molecular formula is C30H26Cl2F3N3O3. The van der Waals surface area contributed by atoms with Crippen molar-refractivity contribution in [2.45, 2.75) is 50.6 Å². The predicted molar refractivity (Wildman–Crippen MR) is 150 cm³/mol. The topological polar surface area (TPSA) is 107 Å². The lowest BCUT2D eigenvalue weighted by Crippen LogP contribution is -2.47. The van der Waals surface area contributed by atoms with Gasteiger partial charge in [0.15, 0.2) is 0 Å². The van der Waals surface area contributed by atoms with Gasteiger partial charge >= 0.3 is 5.97 Å². The van der Waals surface area contributed by atoms with Gasteiger partial charge in [0.1, 0.15) is 28.9 Å². The number of amides is 1. The van der Waals surface area contributed by atoms with Crippen LogP contribution in [0.1, 0.15) is 54.6 Å². The number of hydrogen-bond acceptors (Lipinski definition) is 4. The fourth-order valence-corrected chi connectivity index (χ4v) is 6.21. The lowest BCUT2D eigenvalue weighted by Gasteiger charge is -2.40. The Morgan fingerprint density at radius 1 is 1.07 bits per heavy atom. The van der Waals surface area contributed by atoms with Crippen LogP contribution in [0.2, 0.25) is 10.0 Å². The number of carbonyl (C=O) groups is 2. The molecular weight excluding hydrogens is 578 g/mol. The van der Waals surface area contributed by atoms with E-state index in [9.17, 15) is 20.0 Å². The van der Waals surface area contributed by atoms with Gasteiger partial charge in [0.25, 0.3) is 0 Å². The van der Waals surface area contributed by atoms with Crippen molar-refractivity contribution in [3.8, 4) is 6.07 Å². The van der Waals surface area contributed by atoms with E-state index in [1.54, 1.807) is 0 Å². The number of nitrogens with two attached hydrogens (primary N) is 1. The summed E-state index contributed by atoms with van der Waals surface area (Å²) in [5.74, 6) is -6.91. The van der Waals surface area contributed by atoms with Gasteiger partial charge in [-0.2, -0.15) is 5.26 Å². The molecule has 1 aliphatic heterocycles. The molecule has 1 saturated heterocycles. The number of primary amides is 1. The van der Waals surface area contributed by atoms with E-state index in [0.717, 1.165) is 12.1 Å². The molecule has 3 aromatic carbocycles. The summed E-state index contributed by atoms with van der Waals surface area (Å²) in [5, 5.41) is 21.3. The number of hydrogen-bond donors (Lipinski definition) is 2. The van der Waals surface area contributed by atoms with Crippen molar-refractivity contribution in [1.82, 2.24) is 0 Å². The summed E-state index contributed by atoms with van der Waals surface area (Å²) in [6.45, 7) is 5.46. The molecule has 1 fully saturated rings. The number of anilines is 1. The van der Waals surface area contributed by atoms with Crippen LogP contribution in [-0.2, 0) is 10.2 Å². The molecule has 6 nitrogen and oxygen atoms in total. The SMILES string of the molecule is CC(C)(C)C[C@@H]1N(c2ccc(C(N)=O)cc2F)[C@@H](C(=O)O)[C@H](c2cccc(Cl)c2F)[C@@]1(C#N)c1ccc(Cl)cc1F. The number of carbonyl (C=O) groups excluding carboxylic acids is 1. The summed E-state index contributed by atoms with van der Waals surface area (Å²) in [6, 6.07) is 9.95. The van der Waals surface area contributed by atoms with E-state index in [0.29, 0.717) is 0 Å². The second-order valence-corrected chi connectivity index (χ2v) is 12.1. The Kier molecular flexibility index (Phi) is 8.05. The Bertz CT molecular complexity index is 1590. The van der Waals surface area contributed by atoms with Gasteiger partial charge in [-0.1, -0.05) is 62.2 Å². The van der Waals surface area contributed by atoms with Gasteiger partial charge in [0.05, 0.1) is 22.8 Å². The zero-order valence-corrected chi connectivity index (χ0v) is 23.8. The number of carboxylic acids is 1. The van der Waals surface area contributed by atoms with Crippen molar-refractivity contribution in [2.24, 2.45) is 11.1 Å². The fourth-order valence-electron chi connectivity index (χ4n) is 5.87. The summed E-state index contributed by atoms with van der Waals surface area (Å²) in [4.78, 5) is 26.0. The Morgan fingerprint density at radius 2 is 1.76 bits per heavy atom. The van der Waals surface area contributed by atoms with Crippen LogP contribution in [0.4, 0.5) is 18.9 Å². The van der Waals surface area contributed by atoms with Crippen LogP contribution >= 0.6 is 23.2 Å². The molecule has 214 valence electrons. The van der Waals surface area contributed by atoms with Crippen molar-refractivity contribution in [3.63, 3.8) is 0 Å². The first-order chi connectivity index (χ1) is 19.1. The van der Waals surface area contributed by atoms with E-state index in [-0.39, 0.29) is 38.8 Å². The highest BCUT2D eigenvalue weighted by Gasteiger charge is 2.65. The van der Waals surface area contributed by atoms with Gasteiger partial charge < -0.3 is 15.7 Å². The molecule has 0 radical (unpaired) electrons. The summed E-state index contributed by atoms with van der Waals surface area (Å²) < 4.78 is 47.4. The first-order valence-electron chi connectivity index (χ1n) is 12.5. The molecule has 3 N–H and O–H groups in total. The van der Waals surface area contributed by atoms with E-state index < -0.39 is 58.2 Å². The van der Waals surface area contributed by atoms with Crippen LogP contribution in [0, 0.1) is 34.2 Å². The number of rotatable bonds is 6. The van der Waals surface area contributed by atoms with Crippen LogP contribution in [0.5, 0.6) is 0 Å². The van der Waals surface area contributed by atoms with E-state index in [4.69, 9.17) is 28.9 Å². The Labute approximate surface area is 245 Å². The fraction of sp³-hybridized carbons (Fsp3) is 0.300. The lowest BCUT2D eigenvalue weighted by atomic mass is 9.62. The van der Waals surface area contributed by atoms with Crippen molar-refractivity contribution in [1.29, 1.82) is 5.26 Å². The first kappa shape index (κ1) is 30.2. The molecule has 0 bridgehead atoms. The maximum absolute atomic E-state index is 15.8. The van der Waals surface area contributed by atoms with Gasteiger partial charge in [0.2, 0.25) is 5.91 Å².